The minimum absolute atomic E-state index is 0.0197. The molecule has 0 saturated carbocycles. The number of thiazole rings is 1. The van der Waals surface area contributed by atoms with Gasteiger partial charge in [0.2, 0.25) is 0 Å². The molecule has 3 heterocycles. The first kappa shape index (κ1) is 17.5. The van der Waals surface area contributed by atoms with Crippen molar-refractivity contribution in [2.24, 2.45) is 7.05 Å². The molecule has 0 unspecified atom stereocenters. The number of amides is 1. The van der Waals surface area contributed by atoms with Crippen LogP contribution in [0.3, 0.4) is 0 Å². The van der Waals surface area contributed by atoms with E-state index in [1.807, 2.05) is 19.1 Å². The van der Waals surface area contributed by atoms with E-state index < -0.39 is 0 Å². The number of hydrogen-bond acceptors (Lipinski definition) is 5. The average Bonchev–Trinajstić information content (AvgIpc) is 3.35. The first-order valence-corrected chi connectivity index (χ1v) is 9.71. The number of carbonyl (C=O) groups excluding carboxylic acids is 1. The highest BCUT2D eigenvalue weighted by atomic mass is 35.5. The van der Waals surface area contributed by atoms with Gasteiger partial charge in [-0.25, -0.2) is 4.98 Å². The third-order valence-electron chi connectivity index (χ3n) is 4.50. The second-order valence-electron chi connectivity index (χ2n) is 6.46. The molecule has 1 aliphatic heterocycles. The van der Waals surface area contributed by atoms with E-state index in [4.69, 9.17) is 21.3 Å². The van der Waals surface area contributed by atoms with Gasteiger partial charge < -0.3 is 4.74 Å². The highest BCUT2D eigenvalue weighted by Gasteiger charge is 2.28. The van der Waals surface area contributed by atoms with Crippen molar-refractivity contribution in [3.63, 3.8) is 0 Å². The van der Waals surface area contributed by atoms with Crippen molar-refractivity contribution in [2.75, 3.05) is 18.1 Å². The lowest BCUT2D eigenvalue weighted by atomic mass is 10.2. The Hall–Kier alpha value is -1.96. The van der Waals surface area contributed by atoms with Gasteiger partial charge in [0.15, 0.2) is 10.8 Å². The molecule has 0 spiro atoms. The molecule has 2 aromatic heterocycles. The molecule has 0 N–H and O–H groups in total. The molecule has 8 heteroatoms. The number of aryl methyl sites for hydroxylation is 2. The summed E-state index contributed by atoms with van der Waals surface area (Å²) in [5.74, 6) is -0.172. The van der Waals surface area contributed by atoms with E-state index in [0.29, 0.717) is 22.4 Å². The van der Waals surface area contributed by atoms with Gasteiger partial charge in [0.25, 0.3) is 5.91 Å². The fourth-order valence-electron chi connectivity index (χ4n) is 3.11. The van der Waals surface area contributed by atoms with Crippen molar-refractivity contribution >= 4 is 44.2 Å². The van der Waals surface area contributed by atoms with Crippen LogP contribution in [-0.4, -0.2) is 39.9 Å². The molecule has 1 fully saturated rings. The molecule has 26 heavy (non-hydrogen) atoms. The Morgan fingerprint density at radius 2 is 2.31 bits per heavy atom. The topological polar surface area (TPSA) is 60.2 Å². The van der Waals surface area contributed by atoms with Crippen molar-refractivity contribution in [3.05, 3.63) is 40.7 Å². The van der Waals surface area contributed by atoms with Crippen molar-refractivity contribution in [2.45, 2.75) is 25.9 Å². The monoisotopic (exact) mass is 390 g/mol. The van der Waals surface area contributed by atoms with Crippen LogP contribution in [0.2, 0.25) is 5.02 Å². The lowest BCUT2D eigenvalue weighted by Gasteiger charge is -2.22. The van der Waals surface area contributed by atoms with Gasteiger partial charge in [-0.3, -0.25) is 14.4 Å². The quantitative estimate of drug-likeness (QED) is 0.679. The minimum atomic E-state index is -0.172. The Labute approximate surface area is 160 Å². The van der Waals surface area contributed by atoms with Crippen molar-refractivity contribution in [3.8, 4) is 0 Å². The second-order valence-corrected chi connectivity index (χ2v) is 7.85. The van der Waals surface area contributed by atoms with Crippen LogP contribution >= 0.6 is 22.9 Å². The van der Waals surface area contributed by atoms with Crippen molar-refractivity contribution < 1.29 is 9.53 Å². The Morgan fingerprint density at radius 3 is 2.96 bits per heavy atom. The molecule has 1 atom stereocenters. The lowest BCUT2D eigenvalue weighted by molar-refractivity contribution is 0.0913. The molecule has 1 saturated heterocycles. The van der Waals surface area contributed by atoms with Crippen LogP contribution < -0.4 is 4.90 Å². The number of hydrogen-bond donors (Lipinski definition) is 0. The summed E-state index contributed by atoms with van der Waals surface area (Å²) in [4.78, 5) is 19.5. The molecule has 1 aliphatic rings. The van der Waals surface area contributed by atoms with Crippen LogP contribution in [-0.2, 0) is 11.8 Å². The molecule has 3 aromatic rings. The summed E-state index contributed by atoms with van der Waals surface area (Å²) in [6, 6.07) is 5.53. The number of rotatable bonds is 4. The fraction of sp³-hybridized carbons (Fsp3) is 0.389. The number of fused-ring (bicyclic) bond motifs is 1. The fourth-order valence-corrected chi connectivity index (χ4v) is 4.44. The van der Waals surface area contributed by atoms with Crippen LogP contribution in [0.5, 0.6) is 0 Å². The number of carbonyl (C=O) groups is 1. The zero-order valence-corrected chi connectivity index (χ0v) is 16.2. The van der Waals surface area contributed by atoms with E-state index in [9.17, 15) is 4.79 Å². The predicted octanol–water partition coefficient (Wildman–Crippen LogP) is 3.82. The summed E-state index contributed by atoms with van der Waals surface area (Å²) in [7, 11) is 1.79. The lowest BCUT2D eigenvalue weighted by Crippen LogP contribution is -2.37. The number of nitrogens with zero attached hydrogens (tertiary/aromatic N) is 4. The van der Waals surface area contributed by atoms with E-state index in [-0.39, 0.29) is 12.0 Å². The zero-order chi connectivity index (χ0) is 18.3. The molecule has 0 bridgehead atoms. The smallest absolute Gasteiger partial charge is 0.280 e. The maximum absolute atomic E-state index is 13.1. The highest BCUT2D eigenvalue weighted by molar-refractivity contribution is 7.23. The van der Waals surface area contributed by atoms with Crippen LogP contribution in [0.15, 0.2) is 24.4 Å². The van der Waals surface area contributed by atoms with Gasteiger partial charge in [0, 0.05) is 19.9 Å². The van der Waals surface area contributed by atoms with E-state index >= 15 is 0 Å². The maximum atomic E-state index is 13.1. The molecule has 4 rings (SSSR count). The molecule has 1 aromatic carbocycles. The third-order valence-corrected chi connectivity index (χ3v) is 6.04. The highest BCUT2D eigenvalue weighted by Crippen LogP contribution is 2.36. The number of halogens is 1. The van der Waals surface area contributed by atoms with Gasteiger partial charge in [-0.2, -0.15) is 5.10 Å². The molecule has 0 aliphatic carbocycles. The number of aromatic nitrogens is 3. The number of anilines is 1. The summed E-state index contributed by atoms with van der Waals surface area (Å²) in [5.41, 5.74) is 2.27. The predicted molar refractivity (Wildman–Crippen MR) is 103 cm³/mol. The van der Waals surface area contributed by atoms with E-state index in [1.54, 1.807) is 28.9 Å². The minimum Gasteiger partial charge on any atom is -0.376 e. The van der Waals surface area contributed by atoms with Crippen LogP contribution in [0, 0.1) is 6.92 Å². The van der Waals surface area contributed by atoms with Crippen LogP contribution in [0.25, 0.3) is 10.2 Å². The normalized spacial score (nSPS) is 17.1. The zero-order valence-electron chi connectivity index (χ0n) is 14.6. The number of benzene rings is 1. The first-order chi connectivity index (χ1) is 12.5. The maximum Gasteiger partial charge on any atom is 0.280 e. The third kappa shape index (κ3) is 3.22. The molecule has 1 amide bonds. The Balaban J connectivity index is 1.75. The van der Waals surface area contributed by atoms with E-state index in [1.165, 1.54) is 11.3 Å². The Morgan fingerprint density at radius 1 is 1.46 bits per heavy atom. The van der Waals surface area contributed by atoms with Gasteiger partial charge in [-0.15, -0.1) is 0 Å². The van der Waals surface area contributed by atoms with E-state index in [2.05, 4.69) is 5.10 Å². The summed E-state index contributed by atoms with van der Waals surface area (Å²) in [6.07, 6.45) is 3.74. The summed E-state index contributed by atoms with van der Waals surface area (Å²) >= 11 is 7.78. The summed E-state index contributed by atoms with van der Waals surface area (Å²) in [5, 5.41) is 5.53. The largest absolute Gasteiger partial charge is 0.376 e. The van der Waals surface area contributed by atoms with Crippen LogP contribution in [0.4, 0.5) is 5.13 Å². The van der Waals surface area contributed by atoms with Gasteiger partial charge in [-0.05, 0) is 37.5 Å². The van der Waals surface area contributed by atoms with E-state index in [0.717, 1.165) is 35.2 Å². The summed E-state index contributed by atoms with van der Waals surface area (Å²) < 4.78 is 8.27. The first-order valence-electron chi connectivity index (χ1n) is 8.51. The second kappa shape index (κ2) is 6.98. The van der Waals surface area contributed by atoms with Gasteiger partial charge >= 0.3 is 0 Å². The molecule has 6 nitrogen and oxygen atoms in total. The van der Waals surface area contributed by atoms with Gasteiger partial charge in [-0.1, -0.05) is 29.0 Å². The van der Waals surface area contributed by atoms with Crippen LogP contribution in [0.1, 0.15) is 28.9 Å². The Bertz CT molecular complexity index is 922. The van der Waals surface area contributed by atoms with Crippen molar-refractivity contribution in [1.29, 1.82) is 0 Å². The number of ether oxygens (including phenoxy) is 1. The van der Waals surface area contributed by atoms with Crippen molar-refractivity contribution in [1.82, 2.24) is 14.8 Å². The molecule has 0 radical (unpaired) electrons. The standard InChI is InChI=1S/C18H19ClN4O2S/c1-11-5-6-13(19)16-15(11)20-18(26-16)23(10-12-4-3-9-25-12)17(24)14-7-8-22(2)21-14/h5-8,12H,3-4,9-10H2,1-2H3/t12-/m0/s1. The average molecular weight is 391 g/mol. The Kier molecular flexibility index (Phi) is 4.69. The van der Waals surface area contributed by atoms with Gasteiger partial charge in [0.1, 0.15) is 0 Å². The molecule has 136 valence electrons. The molecular weight excluding hydrogens is 372 g/mol. The SMILES string of the molecule is Cc1ccc(Cl)c2sc(N(C[C@@H]3CCCO3)C(=O)c3ccn(C)n3)nc12. The molecular formula is C18H19ClN4O2S. The van der Waals surface area contributed by atoms with Gasteiger partial charge in [0.05, 0.1) is 27.9 Å². The summed E-state index contributed by atoms with van der Waals surface area (Å²) in [6.45, 7) is 3.19.